The first-order valence-corrected chi connectivity index (χ1v) is 8.45. The van der Waals surface area contributed by atoms with Crippen LogP contribution in [0.4, 0.5) is 0 Å². The van der Waals surface area contributed by atoms with Crippen molar-refractivity contribution in [2.24, 2.45) is 0 Å². The molecule has 1 aromatic carbocycles. The summed E-state index contributed by atoms with van der Waals surface area (Å²) in [7, 11) is 0. The highest BCUT2D eigenvalue weighted by Crippen LogP contribution is 2.25. The average Bonchev–Trinajstić information content (AvgIpc) is 3.11. The summed E-state index contributed by atoms with van der Waals surface area (Å²) in [6.45, 7) is 0. The minimum atomic E-state index is -0.883. The molecule has 7 heteroatoms. The minimum absolute atomic E-state index is 0.0431. The smallest absolute Gasteiger partial charge is 0.313 e. The maximum atomic E-state index is 10.6. The van der Waals surface area contributed by atoms with Gasteiger partial charge in [0.2, 0.25) is 0 Å². The minimum Gasteiger partial charge on any atom is -0.481 e. The molecule has 2 aromatic heterocycles. The molecule has 0 aliphatic heterocycles. The second-order valence-electron chi connectivity index (χ2n) is 4.30. The van der Waals surface area contributed by atoms with Gasteiger partial charge < -0.3 is 10.1 Å². The Morgan fingerprint density at radius 3 is 3.05 bits per heavy atom. The number of thiophene rings is 1. The fraction of sp³-hybridized carbons (Fsp3) is 0.0667. The summed E-state index contributed by atoms with van der Waals surface area (Å²) in [6, 6.07) is 7.45. The standard InChI is InChI=1S/C15H9ClN2O2S2/c16-11-7-13-12(17-15(18-13)22-8-14(19)20)6-9(11)3-4-10-2-1-5-21-10/h1-2,5-7H,8H2,(H,17,18)(H,19,20). The van der Waals surface area contributed by atoms with Crippen molar-refractivity contribution in [2.45, 2.75) is 5.16 Å². The summed E-state index contributed by atoms with van der Waals surface area (Å²) in [5, 5.41) is 11.7. The molecule has 0 fully saturated rings. The number of carboxylic acids is 1. The molecule has 0 atom stereocenters. The summed E-state index contributed by atoms with van der Waals surface area (Å²) in [6.07, 6.45) is 0. The zero-order valence-corrected chi connectivity index (χ0v) is 13.5. The van der Waals surface area contributed by atoms with E-state index in [1.165, 1.54) is 0 Å². The number of nitrogens with zero attached hydrogens (tertiary/aromatic N) is 1. The highest BCUT2D eigenvalue weighted by Gasteiger charge is 2.08. The van der Waals surface area contributed by atoms with Crippen LogP contribution >= 0.6 is 34.7 Å². The predicted molar refractivity (Wildman–Crippen MR) is 89.8 cm³/mol. The third-order valence-electron chi connectivity index (χ3n) is 2.72. The second-order valence-corrected chi connectivity index (χ2v) is 6.62. The number of hydrogen-bond acceptors (Lipinski definition) is 4. The Kier molecular flexibility index (Phi) is 4.39. The zero-order chi connectivity index (χ0) is 15.5. The average molecular weight is 349 g/mol. The number of aromatic nitrogens is 2. The third-order valence-corrected chi connectivity index (χ3v) is 4.68. The summed E-state index contributed by atoms with van der Waals surface area (Å²) >= 11 is 8.93. The lowest BCUT2D eigenvalue weighted by Gasteiger charge is -1.95. The molecule has 0 radical (unpaired) electrons. The van der Waals surface area contributed by atoms with E-state index in [2.05, 4.69) is 21.8 Å². The van der Waals surface area contributed by atoms with Crippen LogP contribution in [-0.2, 0) is 4.79 Å². The van der Waals surface area contributed by atoms with Gasteiger partial charge in [-0.25, -0.2) is 4.98 Å². The first-order chi connectivity index (χ1) is 10.6. The van der Waals surface area contributed by atoms with E-state index >= 15 is 0 Å². The number of halogens is 1. The van der Waals surface area contributed by atoms with Gasteiger partial charge in [0.25, 0.3) is 0 Å². The quantitative estimate of drug-likeness (QED) is 0.557. The SMILES string of the molecule is O=C(O)CSc1nc2cc(Cl)c(C#Cc3cccs3)cc2[nH]1. The van der Waals surface area contributed by atoms with E-state index in [4.69, 9.17) is 16.7 Å². The van der Waals surface area contributed by atoms with Gasteiger partial charge in [-0.1, -0.05) is 41.3 Å². The van der Waals surface area contributed by atoms with Gasteiger partial charge in [0.05, 0.1) is 26.7 Å². The molecule has 22 heavy (non-hydrogen) atoms. The van der Waals surface area contributed by atoms with Crippen molar-refractivity contribution >= 4 is 51.7 Å². The van der Waals surface area contributed by atoms with Gasteiger partial charge in [0.15, 0.2) is 5.16 Å². The highest BCUT2D eigenvalue weighted by atomic mass is 35.5. The molecule has 0 amide bonds. The molecule has 0 unspecified atom stereocenters. The predicted octanol–water partition coefficient (Wildman–Crippen LogP) is 3.85. The Labute approximate surface area is 139 Å². The molecule has 0 bridgehead atoms. The Balaban J connectivity index is 1.92. The summed E-state index contributed by atoms with van der Waals surface area (Å²) in [4.78, 5) is 19.0. The van der Waals surface area contributed by atoms with Crippen LogP contribution in [-0.4, -0.2) is 26.8 Å². The van der Waals surface area contributed by atoms with E-state index in [1.807, 2.05) is 23.6 Å². The summed E-state index contributed by atoms with van der Waals surface area (Å²) in [5.41, 5.74) is 2.19. The number of aliphatic carboxylic acids is 1. The first-order valence-electron chi connectivity index (χ1n) is 6.21. The molecule has 0 spiro atoms. The van der Waals surface area contributed by atoms with Crippen molar-refractivity contribution in [1.82, 2.24) is 9.97 Å². The largest absolute Gasteiger partial charge is 0.481 e. The maximum Gasteiger partial charge on any atom is 0.313 e. The van der Waals surface area contributed by atoms with Gasteiger partial charge in [0, 0.05) is 5.56 Å². The Morgan fingerprint density at radius 1 is 1.45 bits per heavy atom. The number of carboxylic acid groups (broad SMARTS) is 1. The van der Waals surface area contributed by atoms with Gasteiger partial charge in [-0.2, -0.15) is 0 Å². The number of rotatable bonds is 3. The number of aromatic amines is 1. The Hall–Kier alpha value is -1.94. The lowest BCUT2D eigenvalue weighted by molar-refractivity contribution is -0.133. The van der Waals surface area contributed by atoms with Crippen LogP contribution in [0.1, 0.15) is 10.4 Å². The number of thioether (sulfide) groups is 1. The number of H-pyrrole nitrogens is 1. The van der Waals surface area contributed by atoms with Gasteiger partial charge >= 0.3 is 5.97 Å². The van der Waals surface area contributed by atoms with Gasteiger partial charge in [0.1, 0.15) is 0 Å². The zero-order valence-electron chi connectivity index (χ0n) is 11.1. The van der Waals surface area contributed by atoms with E-state index < -0.39 is 5.97 Å². The van der Waals surface area contributed by atoms with Crippen LogP contribution < -0.4 is 0 Å². The Bertz CT molecular complexity index is 892. The summed E-state index contributed by atoms with van der Waals surface area (Å²) < 4.78 is 0. The maximum absolute atomic E-state index is 10.6. The number of imidazole rings is 1. The van der Waals surface area contributed by atoms with Crippen LogP contribution in [0.25, 0.3) is 11.0 Å². The molecule has 0 saturated heterocycles. The molecule has 2 N–H and O–H groups in total. The molecule has 110 valence electrons. The monoisotopic (exact) mass is 348 g/mol. The number of fused-ring (bicyclic) bond motifs is 1. The van der Waals surface area contributed by atoms with E-state index in [0.717, 1.165) is 22.2 Å². The molecule has 3 rings (SSSR count). The van der Waals surface area contributed by atoms with E-state index in [1.54, 1.807) is 17.4 Å². The first kappa shape index (κ1) is 15.0. The van der Waals surface area contributed by atoms with Crippen molar-refractivity contribution in [2.75, 3.05) is 5.75 Å². The number of hydrogen-bond donors (Lipinski definition) is 2. The molecule has 3 aromatic rings. The molecule has 2 heterocycles. The van der Waals surface area contributed by atoms with Gasteiger partial charge in [-0.05, 0) is 23.6 Å². The van der Waals surface area contributed by atoms with Crippen LogP contribution in [0.3, 0.4) is 0 Å². The van der Waals surface area contributed by atoms with E-state index in [-0.39, 0.29) is 5.75 Å². The number of nitrogens with one attached hydrogen (secondary N) is 1. The molecule has 4 nitrogen and oxygen atoms in total. The van der Waals surface area contributed by atoms with Crippen LogP contribution in [0.2, 0.25) is 5.02 Å². The fourth-order valence-corrected chi connectivity index (χ4v) is 3.16. The lowest BCUT2D eigenvalue weighted by Crippen LogP contribution is -1.97. The highest BCUT2D eigenvalue weighted by molar-refractivity contribution is 7.99. The van der Waals surface area contributed by atoms with Crippen LogP contribution in [0, 0.1) is 11.8 Å². The van der Waals surface area contributed by atoms with Crippen molar-refractivity contribution in [1.29, 1.82) is 0 Å². The molecule has 0 saturated carbocycles. The van der Waals surface area contributed by atoms with Gasteiger partial charge in [-0.3, -0.25) is 4.79 Å². The lowest BCUT2D eigenvalue weighted by atomic mass is 10.2. The van der Waals surface area contributed by atoms with Crippen molar-refractivity contribution < 1.29 is 9.90 Å². The summed E-state index contributed by atoms with van der Waals surface area (Å²) in [5.74, 6) is 5.18. The molecular formula is C15H9ClN2O2S2. The molecule has 0 aliphatic carbocycles. The third kappa shape index (κ3) is 3.45. The second kappa shape index (κ2) is 6.44. The van der Waals surface area contributed by atoms with E-state index in [9.17, 15) is 4.79 Å². The number of benzene rings is 1. The van der Waals surface area contributed by atoms with Crippen molar-refractivity contribution in [3.63, 3.8) is 0 Å². The topological polar surface area (TPSA) is 66.0 Å². The van der Waals surface area contributed by atoms with Crippen LogP contribution in [0.5, 0.6) is 0 Å². The Morgan fingerprint density at radius 2 is 2.32 bits per heavy atom. The van der Waals surface area contributed by atoms with Crippen molar-refractivity contribution in [3.8, 4) is 11.8 Å². The molecule has 0 aliphatic rings. The molecular weight excluding hydrogens is 340 g/mol. The normalized spacial score (nSPS) is 10.4. The van der Waals surface area contributed by atoms with Crippen molar-refractivity contribution in [3.05, 3.63) is 45.1 Å². The number of carbonyl (C=O) groups is 1. The van der Waals surface area contributed by atoms with Crippen LogP contribution in [0.15, 0.2) is 34.8 Å². The fourth-order valence-electron chi connectivity index (χ4n) is 1.78. The van der Waals surface area contributed by atoms with E-state index in [0.29, 0.717) is 21.3 Å². The van der Waals surface area contributed by atoms with Gasteiger partial charge in [-0.15, -0.1) is 11.3 Å².